The number of para-hydroxylation sites is 1. The Morgan fingerprint density at radius 1 is 1.24 bits per heavy atom. The number of nitrogens with one attached hydrogen (secondary N) is 1. The van der Waals surface area contributed by atoms with Gasteiger partial charge in [-0.1, -0.05) is 26.0 Å². The summed E-state index contributed by atoms with van der Waals surface area (Å²) in [6.45, 7) is 7.85. The van der Waals surface area contributed by atoms with E-state index in [4.69, 9.17) is 9.72 Å². The summed E-state index contributed by atoms with van der Waals surface area (Å²) < 4.78 is 5.45. The molecule has 1 aliphatic rings. The molecule has 1 saturated heterocycles. The molecule has 0 saturated carbocycles. The highest BCUT2D eigenvalue weighted by Gasteiger charge is 2.16. The lowest BCUT2D eigenvalue weighted by molar-refractivity contribution is 0.123. The number of hydrogen-bond donors (Lipinski definition) is 1. The van der Waals surface area contributed by atoms with Crippen molar-refractivity contribution >= 4 is 22.4 Å². The molecule has 4 heteroatoms. The van der Waals surface area contributed by atoms with Crippen LogP contribution in [0.2, 0.25) is 0 Å². The van der Waals surface area contributed by atoms with Gasteiger partial charge in [-0.2, -0.15) is 0 Å². The van der Waals surface area contributed by atoms with Crippen molar-refractivity contribution in [3.8, 4) is 0 Å². The van der Waals surface area contributed by atoms with E-state index in [-0.39, 0.29) is 0 Å². The fourth-order valence-corrected chi connectivity index (χ4v) is 2.90. The smallest absolute Gasteiger partial charge is 0.129 e. The fourth-order valence-electron chi connectivity index (χ4n) is 2.90. The molecular weight excluding hydrogens is 262 g/mol. The van der Waals surface area contributed by atoms with Crippen LogP contribution in [0.5, 0.6) is 0 Å². The van der Waals surface area contributed by atoms with E-state index >= 15 is 0 Å². The zero-order valence-corrected chi connectivity index (χ0v) is 13.0. The highest BCUT2D eigenvalue weighted by Crippen LogP contribution is 2.31. The summed E-state index contributed by atoms with van der Waals surface area (Å²) >= 11 is 0. The van der Waals surface area contributed by atoms with Gasteiger partial charge in [0, 0.05) is 25.5 Å². The summed E-state index contributed by atoms with van der Waals surface area (Å²) in [6, 6.07) is 8.70. The van der Waals surface area contributed by atoms with E-state index < -0.39 is 0 Å². The van der Waals surface area contributed by atoms with Crippen LogP contribution in [-0.2, 0) is 4.74 Å². The van der Waals surface area contributed by atoms with Crippen LogP contribution in [-0.4, -0.2) is 38.3 Å². The maximum Gasteiger partial charge on any atom is 0.129 e. The van der Waals surface area contributed by atoms with Gasteiger partial charge in [-0.3, -0.25) is 0 Å². The van der Waals surface area contributed by atoms with Gasteiger partial charge in [0.2, 0.25) is 0 Å². The number of fused-ring (bicyclic) bond motifs is 1. The predicted molar refractivity (Wildman–Crippen MR) is 88.4 cm³/mol. The molecule has 0 unspecified atom stereocenters. The SMILES string of the molecule is CNc1nc2c(N3CCOCC3)cccc2cc1C(C)C. The number of morpholine rings is 1. The normalized spacial score (nSPS) is 15.7. The van der Waals surface area contributed by atoms with E-state index in [0.717, 1.165) is 37.6 Å². The van der Waals surface area contributed by atoms with Crippen LogP contribution >= 0.6 is 0 Å². The van der Waals surface area contributed by atoms with Crippen molar-refractivity contribution in [3.05, 3.63) is 29.8 Å². The lowest BCUT2D eigenvalue weighted by atomic mass is 10.0. The predicted octanol–water partition coefficient (Wildman–Crippen LogP) is 3.24. The number of rotatable bonds is 3. The second-order valence-electron chi connectivity index (χ2n) is 5.78. The third-order valence-corrected chi connectivity index (χ3v) is 4.06. The molecule has 0 radical (unpaired) electrons. The average molecular weight is 285 g/mol. The van der Waals surface area contributed by atoms with Gasteiger partial charge in [-0.15, -0.1) is 0 Å². The highest BCUT2D eigenvalue weighted by molar-refractivity contribution is 5.92. The molecule has 0 bridgehead atoms. The van der Waals surface area contributed by atoms with Gasteiger partial charge < -0.3 is 15.0 Å². The Labute approximate surface area is 126 Å². The first-order valence-corrected chi connectivity index (χ1v) is 7.65. The maximum absolute atomic E-state index is 5.45. The van der Waals surface area contributed by atoms with Crippen LogP contribution in [0.25, 0.3) is 10.9 Å². The Morgan fingerprint density at radius 2 is 2.00 bits per heavy atom. The first-order valence-electron chi connectivity index (χ1n) is 7.65. The zero-order chi connectivity index (χ0) is 14.8. The molecule has 21 heavy (non-hydrogen) atoms. The summed E-state index contributed by atoms with van der Waals surface area (Å²) in [5, 5.41) is 4.45. The quantitative estimate of drug-likeness (QED) is 0.939. The molecule has 2 heterocycles. The average Bonchev–Trinajstić information content (AvgIpc) is 2.53. The monoisotopic (exact) mass is 285 g/mol. The minimum Gasteiger partial charge on any atom is -0.378 e. The molecule has 4 nitrogen and oxygen atoms in total. The number of hydrogen-bond acceptors (Lipinski definition) is 4. The summed E-state index contributed by atoms with van der Waals surface area (Å²) in [5.41, 5.74) is 3.56. The van der Waals surface area contributed by atoms with E-state index in [1.807, 2.05) is 7.05 Å². The van der Waals surface area contributed by atoms with Crippen molar-refractivity contribution in [1.29, 1.82) is 0 Å². The molecule has 1 fully saturated rings. The minimum atomic E-state index is 0.455. The van der Waals surface area contributed by atoms with Gasteiger partial charge in [0.05, 0.1) is 24.4 Å². The van der Waals surface area contributed by atoms with Gasteiger partial charge in [-0.05, 0) is 23.6 Å². The van der Waals surface area contributed by atoms with Crippen LogP contribution in [0.1, 0.15) is 25.3 Å². The van der Waals surface area contributed by atoms with Crippen molar-refractivity contribution < 1.29 is 4.74 Å². The van der Waals surface area contributed by atoms with Crippen molar-refractivity contribution in [2.45, 2.75) is 19.8 Å². The maximum atomic E-state index is 5.45. The highest BCUT2D eigenvalue weighted by atomic mass is 16.5. The van der Waals surface area contributed by atoms with Crippen molar-refractivity contribution in [2.24, 2.45) is 0 Å². The molecule has 112 valence electrons. The van der Waals surface area contributed by atoms with E-state index in [1.54, 1.807) is 0 Å². The van der Waals surface area contributed by atoms with E-state index in [9.17, 15) is 0 Å². The van der Waals surface area contributed by atoms with Crippen molar-refractivity contribution in [3.63, 3.8) is 0 Å². The van der Waals surface area contributed by atoms with Crippen LogP contribution in [0.3, 0.4) is 0 Å². The Hall–Kier alpha value is -1.81. The lowest BCUT2D eigenvalue weighted by Gasteiger charge is -2.29. The summed E-state index contributed by atoms with van der Waals surface area (Å²) in [5.74, 6) is 1.44. The van der Waals surface area contributed by atoms with Crippen molar-refractivity contribution in [2.75, 3.05) is 43.6 Å². The lowest BCUT2D eigenvalue weighted by Crippen LogP contribution is -2.36. The Bertz CT molecular complexity index is 633. The van der Waals surface area contributed by atoms with Gasteiger partial charge in [0.1, 0.15) is 5.82 Å². The van der Waals surface area contributed by atoms with Gasteiger partial charge in [0.15, 0.2) is 0 Å². The second kappa shape index (κ2) is 5.90. The van der Waals surface area contributed by atoms with Crippen molar-refractivity contribution in [1.82, 2.24) is 4.98 Å². The Morgan fingerprint density at radius 3 is 2.67 bits per heavy atom. The number of ether oxygens (including phenoxy) is 1. The summed E-state index contributed by atoms with van der Waals surface area (Å²) in [7, 11) is 1.94. The zero-order valence-electron chi connectivity index (χ0n) is 13.0. The summed E-state index contributed by atoms with van der Waals surface area (Å²) in [4.78, 5) is 7.26. The fraction of sp³-hybridized carbons (Fsp3) is 0.471. The van der Waals surface area contributed by atoms with Gasteiger partial charge in [-0.25, -0.2) is 4.98 Å². The third-order valence-electron chi connectivity index (χ3n) is 4.06. The number of pyridine rings is 1. The molecule has 1 aromatic heterocycles. The Kier molecular flexibility index (Phi) is 3.97. The molecule has 2 aromatic rings. The molecule has 3 rings (SSSR count). The number of nitrogens with zero attached hydrogens (tertiary/aromatic N) is 2. The van der Waals surface area contributed by atoms with Gasteiger partial charge >= 0.3 is 0 Å². The Balaban J connectivity index is 2.13. The molecule has 1 aliphatic heterocycles. The van der Waals surface area contributed by atoms with E-state index in [2.05, 4.69) is 48.3 Å². The third kappa shape index (κ3) is 2.68. The van der Waals surface area contributed by atoms with Crippen LogP contribution in [0.4, 0.5) is 11.5 Å². The molecular formula is C17H23N3O. The van der Waals surface area contributed by atoms with Crippen LogP contribution in [0.15, 0.2) is 24.3 Å². The number of anilines is 2. The number of benzene rings is 1. The minimum absolute atomic E-state index is 0.455. The number of aromatic nitrogens is 1. The molecule has 0 spiro atoms. The largest absolute Gasteiger partial charge is 0.378 e. The molecule has 1 N–H and O–H groups in total. The summed E-state index contributed by atoms with van der Waals surface area (Å²) in [6.07, 6.45) is 0. The molecule has 0 atom stereocenters. The van der Waals surface area contributed by atoms with E-state index in [0.29, 0.717) is 5.92 Å². The first-order chi connectivity index (χ1) is 10.2. The van der Waals surface area contributed by atoms with Crippen LogP contribution in [0, 0.1) is 0 Å². The second-order valence-corrected chi connectivity index (χ2v) is 5.78. The van der Waals surface area contributed by atoms with Crippen LogP contribution < -0.4 is 10.2 Å². The topological polar surface area (TPSA) is 37.4 Å². The molecule has 0 aliphatic carbocycles. The van der Waals surface area contributed by atoms with E-state index in [1.165, 1.54) is 16.6 Å². The first kappa shape index (κ1) is 14.1. The van der Waals surface area contributed by atoms with Gasteiger partial charge in [0.25, 0.3) is 0 Å². The molecule has 0 amide bonds. The standard InChI is InChI=1S/C17H23N3O/c1-12(2)14-11-13-5-4-6-15(16(13)19-17(14)18-3)20-7-9-21-10-8-20/h4-6,11-12H,7-10H2,1-3H3,(H,18,19). The molecule has 1 aromatic carbocycles.